The van der Waals surface area contributed by atoms with Crippen molar-refractivity contribution in [1.29, 1.82) is 0 Å². The largest absolute Gasteiger partial charge is 0.310 e. The van der Waals surface area contributed by atoms with E-state index >= 15 is 0 Å². The number of thiophene rings is 1. The zero-order valence-electron chi connectivity index (χ0n) is 38.6. The Morgan fingerprint density at radius 1 is 0.288 bits per heavy atom. The van der Waals surface area contributed by atoms with E-state index in [0.717, 1.165) is 51.2 Å². The van der Waals surface area contributed by atoms with Crippen molar-refractivity contribution in [2.24, 2.45) is 0 Å². The Bertz CT molecular complexity index is 3260. The Kier molecular flexibility index (Phi) is 11.6. The lowest BCUT2D eigenvalue weighted by atomic mass is 10.0. The van der Waals surface area contributed by atoms with Crippen molar-refractivity contribution in [3.8, 4) is 11.1 Å². The Morgan fingerprint density at radius 2 is 0.697 bits per heavy atom. The molecule has 0 radical (unpaired) electrons. The van der Waals surface area contributed by atoms with E-state index in [2.05, 4.69) is 278 Å². The molecule has 0 saturated heterocycles. The van der Waals surface area contributed by atoms with Gasteiger partial charge in [0.25, 0.3) is 0 Å². The fourth-order valence-corrected chi connectivity index (χ4v) is 12.5. The van der Waals surface area contributed by atoms with Gasteiger partial charge in [-0.3, -0.25) is 0 Å². The van der Waals surface area contributed by atoms with Crippen LogP contribution in [0.5, 0.6) is 0 Å². The maximum absolute atomic E-state index is 2.45. The normalized spacial score (nSPS) is 11.8. The molecule has 0 fully saturated rings. The van der Waals surface area contributed by atoms with Crippen LogP contribution in [0.2, 0.25) is 39.3 Å². The van der Waals surface area contributed by atoms with Crippen molar-refractivity contribution in [3.05, 3.63) is 224 Å². The molecule has 9 aromatic carbocycles. The minimum atomic E-state index is -1.51. The second kappa shape index (κ2) is 17.8. The summed E-state index contributed by atoms with van der Waals surface area (Å²) in [6.07, 6.45) is 0. The van der Waals surface area contributed by atoms with Crippen LogP contribution in [0, 0.1) is 0 Å². The molecule has 66 heavy (non-hydrogen) atoms. The van der Waals surface area contributed by atoms with E-state index in [-0.39, 0.29) is 0 Å². The summed E-state index contributed by atoms with van der Waals surface area (Å²) in [5, 5.41) is 5.40. The van der Waals surface area contributed by atoms with Crippen molar-refractivity contribution in [2.45, 2.75) is 39.3 Å². The van der Waals surface area contributed by atoms with Crippen molar-refractivity contribution >= 4 is 109 Å². The third-order valence-electron chi connectivity index (χ3n) is 12.5. The molecule has 10 rings (SSSR count). The lowest BCUT2D eigenvalue weighted by Gasteiger charge is -2.33. The summed E-state index contributed by atoms with van der Waals surface area (Å²) >= 11 is 1.86. The average Bonchev–Trinajstić information content (AvgIpc) is 3.70. The summed E-state index contributed by atoms with van der Waals surface area (Å²) < 4.78 is 2.52. The summed E-state index contributed by atoms with van der Waals surface area (Å²) in [6.45, 7) is 14.5. The van der Waals surface area contributed by atoms with Gasteiger partial charge in [-0.2, -0.15) is 0 Å². The highest BCUT2D eigenvalue weighted by Crippen LogP contribution is 2.48. The van der Waals surface area contributed by atoms with Crippen LogP contribution in [0.25, 0.3) is 31.3 Å². The van der Waals surface area contributed by atoms with Gasteiger partial charge in [-0.1, -0.05) is 171 Å². The maximum atomic E-state index is 2.45. The lowest BCUT2D eigenvalue weighted by molar-refractivity contribution is 1.23. The number of hydrogen-bond donors (Lipinski definition) is 0. The highest BCUT2D eigenvalue weighted by molar-refractivity contribution is 7.25. The predicted octanol–water partition coefficient (Wildman–Crippen LogP) is 17.2. The second-order valence-corrected chi connectivity index (χ2v) is 30.4. The van der Waals surface area contributed by atoms with E-state index in [1.807, 2.05) is 11.3 Å². The van der Waals surface area contributed by atoms with E-state index in [1.54, 1.807) is 0 Å². The molecule has 0 N–H and O–H groups in total. The number of anilines is 9. The molecule has 0 spiro atoms. The van der Waals surface area contributed by atoms with E-state index in [4.69, 9.17) is 0 Å². The molecule has 0 unspecified atom stereocenters. The maximum Gasteiger partial charge on any atom is 0.0775 e. The number of hydrogen-bond acceptors (Lipinski definition) is 4. The number of rotatable bonds is 12. The van der Waals surface area contributed by atoms with Crippen LogP contribution in [-0.2, 0) is 0 Å². The van der Waals surface area contributed by atoms with Crippen LogP contribution in [0.3, 0.4) is 0 Å². The highest BCUT2D eigenvalue weighted by atomic mass is 32.1. The van der Waals surface area contributed by atoms with Gasteiger partial charge in [0.15, 0.2) is 0 Å². The van der Waals surface area contributed by atoms with Gasteiger partial charge in [0.05, 0.1) is 27.5 Å². The summed E-state index contributed by atoms with van der Waals surface area (Å²) in [6, 6.07) is 82.6. The van der Waals surface area contributed by atoms with Gasteiger partial charge in [-0.05, 0) is 114 Å². The molecule has 6 heteroatoms. The average molecular weight is 906 g/mol. The molecule has 0 aliphatic heterocycles. The Hall–Kier alpha value is -6.97. The van der Waals surface area contributed by atoms with E-state index in [1.165, 1.54) is 41.7 Å². The number of nitrogens with zero attached hydrogens (tertiary/aromatic N) is 3. The Morgan fingerprint density at radius 3 is 1.27 bits per heavy atom. The summed E-state index contributed by atoms with van der Waals surface area (Å²) in [7, 11) is -2.96. The molecule has 1 aromatic heterocycles. The van der Waals surface area contributed by atoms with Crippen LogP contribution >= 0.6 is 11.3 Å². The number of fused-ring (bicyclic) bond motifs is 3. The fourth-order valence-electron chi connectivity index (χ4n) is 9.01. The van der Waals surface area contributed by atoms with E-state index < -0.39 is 16.1 Å². The molecule has 10 aromatic rings. The quantitative estimate of drug-likeness (QED) is 0.113. The third-order valence-corrected chi connectivity index (χ3v) is 17.8. The summed E-state index contributed by atoms with van der Waals surface area (Å²) in [5.41, 5.74) is 12.4. The number of benzene rings is 9. The SMILES string of the molecule is C[Si](C)(C)c1ccc(N(c2ccccc2)c2ccc3c(c2)sc2ccc(N(c4cccc(-c5ccccc5)c4)c4ccccc4N(c4ccccc4)c4ccc([Si](C)(C)C)cc4)cc23)cc1. The van der Waals surface area contributed by atoms with Crippen LogP contribution < -0.4 is 25.1 Å². The third kappa shape index (κ3) is 8.63. The molecule has 3 nitrogen and oxygen atoms in total. The molecule has 324 valence electrons. The zero-order chi connectivity index (χ0) is 45.4. The molecule has 0 aliphatic carbocycles. The smallest absolute Gasteiger partial charge is 0.0775 e. The molecule has 0 saturated carbocycles. The van der Waals surface area contributed by atoms with Gasteiger partial charge in [-0.15, -0.1) is 11.3 Å². The molecule has 0 aliphatic rings. The topological polar surface area (TPSA) is 9.72 Å². The van der Waals surface area contributed by atoms with Gasteiger partial charge < -0.3 is 14.7 Å². The number of para-hydroxylation sites is 4. The molecule has 1 heterocycles. The molecular weight excluding hydrogens is 851 g/mol. The summed E-state index contributed by atoms with van der Waals surface area (Å²) in [5.74, 6) is 0. The van der Waals surface area contributed by atoms with Crippen LogP contribution in [0.4, 0.5) is 51.2 Å². The summed E-state index contributed by atoms with van der Waals surface area (Å²) in [4.78, 5) is 7.25. The first-order valence-corrected chi connectivity index (χ1v) is 30.7. The van der Waals surface area contributed by atoms with Crippen molar-refractivity contribution in [1.82, 2.24) is 0 Å². The van der Waals surface area contributed by atoms with Crippen molar-refractivity contribution in [3.63, 3.8) is 0 Å². The van der Waals surface area contributed by atoms with E-state index in [0.29, 0.717) is 0 Å². The van der Waals surface area contributed by atoms with E-state index in [9.17, 15) is 0 Å². The fraction of sp³-hybridized carbons (Fsp3) is 0.100. The van der Waals surface area contributed by atoms with Crippen molar-refractivity contribution in [2.75, 3.05) is 14.7 Å². The monoisotopic (exact) mass is 905 g/mol. The minimum Gasteiger partial charge on any atom is -0.310 e. The molecule has 0 atom stereocenters. The first-order chi connectivity index (χ1) is 32.0. The Balaban J connectivity index is 1.13. The molecule has 0 amide bonds. The second-order valence-electron chi connectivity index (χ2n) is 19.1. The highest BCUT2D eigenvalue weighted by Gasteiger charge is 2.25. The van der Waals surface area contributed by atoms with Crippen LogP contribution in [0.1, 0.15) is 0 Å². The van der Waals surface area contributed by atoms with Crippen LogP contribution in [0.15, 0.2) is 224 Å². The van der Waals surface area contributed by atoms with Gasteiger partial charge >= 0.3 is 0 Å². The first-order valence-electron chi connectivity index (χ1n) is 22.9. The predicted molar refractivity (Wildman–Crippen MR) is 295 cm³/mol. The van der Waals surface area contributed by atoms with Crippen molar-refractivity contribution < 1.29 is 0 Å². The standard InChI is InChI=1S/C60H55N3SSi2/c1-65(2,3)53-35-29-48(30-36-53)61(46-22-12-8-13-23-46)52-33-39-55-56-42-51(34-40-59(56)64-60(55)43-52)63(50-26-18-21-45(41-50)44-19-10-7-11-20-44)58-28-17-16-27-57(58)62(47-24-14-9-15-25-47)49-31-37-54(38-32-49)66(4,5)6/h7-43H,1-6H3. The molecule has 0 bridgehead atoms. The van der Waals surface area contributed by atoms with Crippen LogP contribution in [-0.4, -0.2) is 16.1 Å². The molecular formula is C60H55N3SSi2. The lowest BCUT2D eigenvalue weighted by Crippen LogP contribution is -2.37. The zero-order valence-corrected chi connectivity index (χ0v) is 41.4. The minimum absolute atomic E-state index is 1.08. The Labute approximate surface area is 396 Å². The van der Waals surface area contributed by atoms with Gasteiger partial charge in [0.2, 0.25) is 0 Å². The van der Waals surface area contributed by atoms with Gasteiger partial charge in [0, 0.05) is 60.0 Å². The van der Waals surface area contributed by atoms with Gasteiger partial charge in [-0.25, -0.2) is 0 Å². The first kappa shape index (κ1) is 43.0. The van der Waals surface area contributed by atoms with Gasteiger partial charge in [0.1, 0.15) is 0 Å².